The molecule has 3 aromatic rings. The van der Waals surface area contributed by atoms with Gasteiger partial charge < -0.3 is 15.4 Å². The number of carbonyl (C=O) groups is 1. The van der Waals surface area contributed by atoms with Crippen LogP contribution in [-0.4, -0.2) is 29.5 Å². The van der Waals surface area contributed by atoms with Crippen molar-refractivity contribution in [2.45, 2.75) is 19.4 Å². The van der Waals surface area contributed by atoms with Crippen molar-refractivity contribution < 1.29 is 9.53 Å². The molecule has 144 valence electrons. The number of nitrogens with zero attached hydrogens (tertiary/aromatic N) is 2. The molecule has 0 aliphatic carbocycles. The summed E-state index contributed by atoms with van der Waals surface area (Å²) in [5.41, 5.74) is 2.62. The van der Waals surface area contributed by atoms with E-state index in [1.54, 1.807) is 13.2 Å². The zero-order valence-electron chi connectivity index (χ0n) is 15.9. The summed E-state index contributed by atoms with van der Waals surface area (Å²) in [6.45, 7) is 1.14. The summed E-state index contributed by atoms with van der Waals surface area (Å²) in [4.78, 5) is 20.6. The van der Waals surface area contributed by atoms with Crippen molar-refractivity contribution in [3.8, 4) is 5.75 Å². The van der Waals surface area contributed by atoms with Crippen molar-refractivity contribution in [2.75, 3.05) is 19.0 Å². The Labute approximate surface area is 165 Å². The second-order valence-electron chi connectivity index (χ2n) is 6.30. The van der Waals surface area contributed by atoms with E-state index in [-0.39, 0.29) is 5.91 Å². The van der Waals surface area contributed by atoms with Gasteiger partial charge >= 0.3 is 0 Å². The molecular weight excluding hydrogens is 352 g/mol. The van der Waals surface area contributed by atoms with Crippen LogP contribution in [0.5, 0.6) is 5.75 Å². The van der Waals surface area contributed by atoms with Crippen molar-refractivity contribution in [3.63, 3.8) is 0 Å². The fraction of sp³-hybridized carbons (Fsp3) is 0.227. The summed E-state index contributed by atoms with van der Waals surface area (Å²) in [5, 5.41) is 6.12. The number of nitrogens with one attached hydrogen (secondary N) is 2. The van der Waals surface area contributed by atoms with E-state index in [1.165, 1.54) is 11.9 Å². The summed E-state index contributed by atoms with van der Waals surface area (Å²) in [7, 11) is 1.64. The van der Waals surface area contributed by atoms with Gasteiger partial charge in [0.05, 0.1) is 7.11 Å². The summed E-state index contributed by atoms with van der Waals surface area (Å²) < 4.78 is 5.35. The third-order valence-electron chi connectivity index (χ3n) is 4.32. The molecule has 0 aliphatic heterocycles. The number of amides is 1. The topological polar surface area (TPSA) is 76.1 Å². The molecule has 1 amide bonds. The largest absolute Gasteiger partial charge is 0.496 e. The molecule has 0 aliphatic rings. The van der Waals surface area contributed by atoms with Gasteiger partial charge in [0.2, 0.25) is 0 Å². The maximum atomic E-state index is 12.3. The Morgan fingerprint density at radius 2 is 1.82 bits per heavy atom. The number of rotatable bonds is 9. The first-order valence-corrected chi connectivity index (χ1v) is 9.26. The molecule has 0 spiro atoms. The highest BCUT2D eigenvalue weighted by atomic mass is 16.5. The lowest BCUT2D eigenvalue weighted by atomic mass is 10.1. The summed E-state index contributed by atoms with van der Waals surface area (Å²) in [6.07, 6.45) is 3.19. The van der Waals surface area contributed by atoms with Crippen LogP contribution in [0, 0.1) is 0 Å². The number of benzene rings is 2. The average molecular weight is 376 g/mol. The molecule has 6 nitrogen and oxygen atoms in total. The molecule has 0 atom stereocenters. The molecule has 2 N–H and O–H groups in total. The minimum atomic E-state index is -0.198. The molecular formula is C22H24N4O2. The van der Waals surface area contributed by atoms with Crippen LogP contribution in [0.15, 0.2) is 67.0 Å². The number of para-hydroxylation sites is 1. The first-order valence-electron chi connectivity index (χ1n) is 9.26. The van der Waals surface area contributed by atoms with Gasteiger partial charge in [-0.1, -0.05) is 48.5 Å². The number of aryl methyl sites for hydroxylation is 1. The van der Waals surface area contributed by atoms with E-state index in [9.17, 15) is 4.79 Å². The monoisotopic (exact) mass is 376 g/mol. The van der Waals surface area contributed by atoms with Gasteiger partial charge in [-0.2, -0.15) is 0 Å². The number of aromatic nitrogens is 2. The second-order valence-corrected chi connectivity index (χ2v) is 6.30. The molecule has 0 saturated heterocycles. The minimum Gasteiger partial charge on any atom is -0.496 e. The molecule has 2 aromatic carbocycles. The third kappa shape index (κ3) is 5.54. The predicted octanol–water partition coefficient (Wildman–Crippen LogP) is 3.46. The Morgan fingerprint density at radius 1 is 1.04 bits per heavy atom. The van der Waals surface area contributed by atoms with Crippen molar-refractivity contribution in [3.05, 3.63) is 83.8 Å². The van der Waals surface area contributed by atoms with Crippen LogP contribution in [0.25, 0.3) is 0 Å². The van der Waals surface area contributed by atoms with E-state index in [2.05, 4.69) is 32.7 Å². The summed E-state index contributed by atoms with van der Waals surface area (Å²) in [6, 6.07) is 19.6. The molecule has 1 heterocycles. The normalized spacial score (nSPS) is 10.3. The minimum absolute atomic E-state index is 0.198. The Bertz CT molecular complexity index is 900. The zero-order valence-corrected chi connectivity index (χ0v) is 15.9. The number of hydrogen-bond donors (Lipinski definition) is 2. The van der Waals surface area contributed by atoms with Gasteiger partial charge in [-0.3, -0.25) is 4.79 Å². The Hall–Kier alpha value is -3.41. The van der Waals surface area contributed by atoms with E-state index >= 15 is 0 Å². The van der Waals surface area contributed by atoms with E-state index in [4.69, 9.17) is 4.74 Å². The quantitative estimate of drug-likeness (QED) is 0.559. The van der Waals surface area contributed by atoms with Gasteiger partial charge in [0.1, 0.15) is 23.6 Å². The molecule has 28 heavy (non-hydrogen) atoms. The molecule has 3 rings (SSSR count). The van der Waals surface area contributed by atoms with Crippen LogP contribution >= 0.6 is 0 Å². The highest BCUT2D eigenvalue weighted by Crippen LogP contribution is 2.18. The average Bonchev–Trinajstić information content (AvgIpc) is 2.76. The van der Waals surface area contributed by atoms with E-state index in [1.807, 2.05) is 42.5 Å². The molecule has 0 bridgehead atoms. The molecule has 0 fully saturated rings. The fourth-order valence-corrected chi connectivity index (χ4v) is 2.84. The van der Waals surface area contributed by atoms with Gasteiger partial charge in [-0.05, 0) is 24.5 Å². The maximum Gasteiger partial charge on any atom is 0.270 e. The summed E-state index contributed by atoms with van der Waals surface area (Å²) >= 11 is 0. The Balaban J connectivity index is 1.50. The SMILES string of the molecule is COc1ccccc1CNc1cc(C(=O)NCCCc2ccccc2)ncn1. The van der Waals surface area contributed by atoms with E-state index in [0.717, 1.165) is 24.2 Å². The second kappa shape index (κ2) is 10.1. The number of methoxy groups -OCH3 is 1. The third-order valence-corrected chi connectivity index (χ3v) is 4.32. The number of ether oxygens (including phenoxy) is 1. The lowest BCUT2D eigenvalue weighted by Gasteiger charge is -2.10. The Kier molecular flexibility index (Phi) is 6.95. The van der Waals surface area contributed by atoms with Crippen molar-refractivity contribution in [2.24, 2.45) is 0 Å². The van der Waals surface area contributed by atoms with Crippen LogP contribution in [-0.2, 0) is 13.0 Å². The Morgan fingerprint density at radius 3 is 2.64 bits per heavy atom. The molecule has 0 unspecified atom stereocenters. The standard InChI is InChI=1S/C22H24N4O2/c1-28-20-12-6-5-11-18(20)15-24-21-14-19(25-16-26-21)22(27)23-13-7-10-17-8-3-2-4-9-17/h2-6,8-9,11-12,14,16H,7,10,13,15H2,1H3,(H,23,27)(H,24,25,26). The van der Waals surface area contributed by atoms with E-state index < -0.39 is 0 Å². The van der Waals surface area contributed by atoms with Gasteiger partial charge in [0, 0.05) is 24.7 Å². The molecule has 6 heteroatoms. The van der Waals surface area contributed by atoms with Crippen LogP contribution in [0.3, 0.4) is 0 Å². The maximum absolute atomic E-state index is 12.3. The van der Waals surface area contributed by atoms with E-state index in [0.29, 0.717) is 24.6 Å². The van der Waals surface area contributed by atoms with Crippen molar-refractivity contribution in [1.29, 1.82) is 0 Å². The van der Waals surface area contributed by atoms with Gasteiger partial charge in [0.25, 0.3) is 5.91 Å². The van der Waals surface area contributed by atoms with Gasteiger partial charge in [-0.25, -0.2) is 9.97 Å². The fourth-order valence-electron chi connectivity index (χ4n) is 2.84. The molecule has 0 saturated carbocycles. The highest BCUT2D eigenvalue weighted by molar-refractivity contribution is 5.92. The zero-order chi connectivity index (χ0) is 19.6. The van der Waals surface area contributed by atoms with Crippen LogP contribution in [0.4, 0.5) is 5.82 Å². The lowest BCUT2D eigenvalue weighted by Crippen LogP contribution is -2.26. The number of hydrogen-bond acceptors (Lipinski definition) is 5. The highest BCUT2D eigenvalue weighted by Gasteiger charge is 2.09. The van der Waals surface area contributed by atoms with Gasteiger partial charge in [0.15, 0.2) is 0 Å². The van der Waals surface area contributed by atoms with Crippen molar-refractivity contribution >= 4 is 11.7 Å². The van der Waals surface area contributed by atoms with Crippen molar-refractivity contribution in [1.82, 2.24) is 15.3 Å². The van der Waals surface area contributed by atoms with Crippen LogP contribution < -0.4 is 15.4 Å². The van der Waals surface area contributed by atoms with Gasteiger partial charge in [-0.15, -0.1) is 0 Å². The number of anilines is 1. The molecule has 1 aromatic heterocycles. The van der Waals surface area contributed by atoms with Crippen LogP contribution in [0.1, 0.15) is 28.0 Å². The lowest BCUT2D eigenvalue weighted by molar-refractivity contribution is 0.0948. The first-order chi connectivity index (χ1) is 13.8. The number of carbonyl (C=O) groups excluding carboxylic acids is 1. The first kappa shape index (κ1) is 19.4. The van der Waals surface area contributed by atoms with Crippen LogP contribution in [0.2, 0.25) is 0 Å². The summed E-state index contributed by atoms with van der Waals surface area (Å²) in [5.74, 6) is 1.20. The predicted molar refractivity (Wildman–Crippen MR) is 109 cm³/mol. The molecule has 0 radical (unpaired) electrons. The smallest absolute Gasteiger partial charge is 0.270 e.